The first-order valence-electron chi connectivity index (χ1n) is 11.1. The van der Waals surface area contributed by atoms with Crippen molar-refractivity contribution in [1.82, 2.24) is 0 Å². The van der Waals surface area contributed by atoms with Gasteiger partial charge < -0.3 is 0 Å². The molecule has 0 nitrogen and oxygen atoms in total. The van der Waals surface area contributed by atoms with Gasteiger partial charge in [0.2, 0.25) is 0 Å². The van der Waals surface area contributed by atoms with Crippen molar-refractivity contribution in [2.45, 2.75) is 46.0 Å². The molecule has 0 bridgehead atoms. The van der Waals surface area contributed by atoms with Gasteiger partial charge in [0.1, 0.15) is 0 Å². The van der Waals surface area contributed by atoms with Gasteiger partial charge in [0.25, 0.3) is 0 Å². The summed E-state index contributed by atoms with van der Waals surface area (Å²) in [6.07, 6.45) is 13.3. The minimum absolute atomic E-state index is 0. The van der Waals surface area contributed by atoms with Gasteiger partial charge in [0.05, 0.1) is 0 Å². The van der Waals surface area contributed by atoms with Crippen molar-refractivity contribution < 1.29 is 21.0 Å². The van der Waals surface area contributed by atoms with E-state index in [1.165, 1.54) is 47.3 Å². The molecule has 1 heterocycles. The molecule has 2 aliphatic rings. The van der Waals surface area contributed by atoms with Gasteiger partial charge in [0, 0.05) is 0 Å². The monoisotopic (exact) mass is 648 g/mol. The molecule has 0 spiro atoms. The molecule has 4 heteroatoms. The molecule has 0 saturated heterocycles. The van der Waals surface area contributed by atoms with Gasteiger partial charge in [-0.3, -0.25) is 0 Å². The minimum atomic E-state index is -2.44. The van der Waals surface area contributed by atoms with E-state index in [1.807, 2.05) is 14.6 Å². The number of benzene rings is 2. The van der Waals surface area contributed by atoms with E-state index >= 15 is 0 Å². The van der Waals surface area contributed by atoms with Crippen LogP contribution in [0.2, 0.25) is 0 Å². The number of aryl methyl sites for hydroxylation is 1. The van der Waals surface area contributed by atoms with Crippen molar-refractivity contribution in [3.05, 3.63) is 97.0 Å². The van der Waals surface area contributed by atoms with E-state index in [9.17, 15) is 0 Å². The summed E-state index contributed by atoms with van der Waals surface area (Å²) in [6.45, 7) is 4.58. The average Bonchev–Trinajstić information content (AvgIpc) is 3.51. The molecule has 0 atom stereocenters. The second-order valence-electron chi connectivity index (χ2n) is 8.36. The van der Waals surface area contributed by atoms with Crippen LogP contribution in [-0.4, -0.2) is 3.26 Å². The van der Waals surface area contributed by atoms with Gasteiger partial charge in [-0.25, -0.2) is 0 Å². The Labute approximate surface area is 216 Å². The van der Waals surface area contributed by atoms with E-state index in [0.29, 0.717) is 0 Å². The molecule has 0 aliphatic heterocycles. The van der Waals surface area contributed by atoms with Crippen LogP contribution in [0.5, 0.6) is 0 Å². The van der Waals surface area contributed by atoms with Crippen LogP contribution in [0.1, 0.15) is 53.5 Å². The van der Waals surface area contributed by atoms with E-state index < -0.39 is 21.0 Å². The predicted octanol–water partition coefficient (Wildman–Crippen LogP) is 7.97. The summed E-state index contributed by atoms with van der Waals surface area (Å²) in [4.78, 5) is 3.01. The van der Waals surface area contributed by atoms with Crippen molar-refractivity contribution in [3.8, 4) is 11.1 Å². The fraction of sp³-hybridized carbons (Fsp3) is 0.250. The van der Waals surface area contributed by atoms with E-state index in [4.69, 9.17) is 0 Å². The molecule has 5 rings (SSSR count). The third-order valence-corrected chi connectivity index (χ3v) is 19.3. The van der Waals surface area contributed by atoms with Crippen molar-refractivity contribution in [2.75, 3.05) is 0 Å². The summed E-state index contributed by atoms with van der Waals surface area (Å²) in [7, 11) is 0. The van der Waals surface area contributed by atoms with Crippen LogP contribution < -0.4 is 3.32 Å². The molecule has 0 saturated carbocycles. The maximum absolute atomic E-state index is 2.50. The first-order chi connectivity index (χ1) is 14.8. The molecular formula is C28H30Cl2HfS. The number of hydrogen-bond acceptors (Lipinski definition) is 1. The quantitative estimate of drug-likeness (QED) is 0.186. The molecule has 0 radical (unpaired) electrons. The Balaban J connectivity index is 0.00000144. The van der Waals surface area contributed by atoms with E-state index in [-0.39, 0.29) is 24.8 Å². The van der Waals surface area contributed by atoms with Gasteiger partial charge in [-0.15, -0.1) is 24.8 Å². The Morgan fingerprint density at radius 2 is 1.78 bits per heavy atom. The minimum Gasteiger partial charge on any atom is -0.147 e. The zero-order valence-corrected chi connectivity index (χ0v) is 24.7. The zero-order valence-electron chi connectivity index (χ0n) is 18.7. The molecular weight excluding hydrogens is 618 g/mol. The summed E-state index contributed by atoms with van der Waals surface area (Å²) in [5.41, 5.74) is 6.09. The number of rotatable bonds is 6. The summed E-state index contributed by atoms with van der Waals surface area (Å²) in [5, 5.41) is 0. The molecule has 0 amide bonds. The fourth-order valence-corrected chi connectivity index (χ4v) is 18.6. The molecule has 2 aromatic carbocycles. The topological polar surface area (TPSA) is 0 Å². The number of halogens is 2. The molecule has 0 fully saturated rings. The summed E-state index contributed by atoms with van der Waals surface area (Å²) < 4.78 is 5.33. The maximum Gasteiger partial charge on any atom is -0.147 e. The Morgan fingerprint density at radius 1 is 0.969 bits per heavy atom. The summed E-state index contributed by atoms with van der Waals surface area (Å²) in [6, 6.07) is 21.0. The summed E-state index contributed by atoms with van der Waals surface area (Å²) in [5.74, 6) is 0. The number of allylic oxidation sites excluding steroid dienone is 4. The van der Waals surface area contributed by atoms with Crippen LogP contribution in [0.3, 0.4) is 0 Å². The van der Waals surface area contributed by atoms with E-state index in [0.717, 1.165) is 6.42 Å². The smallest absolute Gasteiger partial charge is 0.147 e. The van der Waals surface area contributed by atoms with Crippen LogP contribution in [0.15, 0.2) is 76.2 Å². The average molecular weight is 648 g/mol. The van der Waals surface area contributed by atoms with Crippen LogP contribution >= 0.6 is 36.2 Å². The van der Waals surface area contributed by atoms with Crippen molar-refractivity contribution in [2.24, 2.45) is 0 Å². The first-order valence-corrected chi connectivity index (χ1v) is 17.3. The normalized spacial score (nSPS) is 14.1. The molecule has 2 aliphatic carbocycles. The van der Waals surface area contributed by atoms with Crippen molar-refractivity contribution in [3.63, 3.8) is 0 Å². The maximum atomic E-state index is 2.50. The first kappa shape index (κ1) is 25.6. The SMILES string of the molecule is CCCC/[C](c1ccc(C)s1)=[Hf](\[C]1=CC=CC1)[c]1cccc2c1Cc1ccccc1-2.Cl.Cl. The second-order valence-corrected chi connectivity index (χ2v) is 18.8. The number of unbranched alkanes of at least 4 members (excludes halogenated alkanes) is 1. The molecule has 3 aromatic rings. The van der Waals surface area contributed by atoms with Crippen molar-refractivity contribution in [1.29, 1.82) is 0 Å². The van der Waals surface area contributed by atoms with E-state index in [1.54, 1.807) is 17.1 Å². The second kappa shape index (κ2) is 11.4. The Bertz CT molecular complexity index is 1200. The number of fused-ring (bicyclic) bond motifs is 3. The van der Waals surface area contributed by atoms with Gasteiger partial charge in [-0.1, -0.05) is 0 Å². The van der Waals surface area contributed by atoms with Gasteiger partial charge >= 0.3 is 193 Å². The van der Waals surface area contributed by atoms with E-state index in [2.05, 4.69) is 86.7 Å². The van der Waals surface area contributed by atoms with Crippen LogP contribution in [0.4, 0.5) is 0 Å². The van der Waals surface area contributed by atoms with Crippen molar-refractivity contribution >= 4 is 42.7 Å². The third-order valence-electron chi connectivity index (χ3n) is 6.33. The number of thiophene rings is 1. The van der Waals surface area contributed by atoms with Gasteiger partial charge in [-0.2, -0.15) is 0 Å². The molecule has 1 aromatic heterocycles. The fourth-order valence-electron chi connectivity index (χ4n) is 4.88. The molecule has 166 valence electrons. The molecule has 32 heavy (non-hydrogen) atoms. The van der Waals surface area contributed by atoms with Crippen LogP contribution in [-0.2, 0) is 27.4 Å². The standard InChI is InChI=1S/C13H9.C10H14S.C5H5.2ClH.Hf/c1-3-7-12-10(5-1)9-11-6-2-4-8-13(11)12;1-3-4-5-6-10-8-7-9(2)11-10;1-2-4-5-3-1;;;/h1-5,7-8H,9H2;7-8H,3-5H2,1-2H3;1-3H,4H2;2*1H;. The Hall–Kier alpha value is -1.06. The zero-order chi connectivity index (χ0) is 20.5. The van der Waals surface area contributed by atoms with Gasteiger partial charge in [-0.05, 0) is 0 Å². The predicted molar refractivity (Wildman–Crippen MR) is 143 cm³/mol. The Morgan fingerprint density at radius 3 is 2.50 bits per heavy atom. The largest absolute Gasteiger partial charge is 0.147 e. The van der Waals surface area contributed by atoms with Crippen LogP contribution in [0.25, 0.3) is 11.1 Å². The van der Waals surface area contributed by atoms with Gasteiger partial charge in [0.15, 0.2) is 0 Å². The number of hydrogen-bond donors (Lipinski definition) is 0. The summed E-state index contributed by atoms with van der Waals surface area (Å²) >= 11 is -0.418. The molecule has 0 N–H and O–H groups in total. The third kappa shape index (κ3) is 4.89. The van der Waals surface area contributed by atoms with Crippen LogP contribution in [0, 0.1) is 6.92 Å². The molecule has 0 unspecified atom stereocenters. The Kier molecular flexibility index (Phi) is 9.09.